The molecule has 1 aromatic carbocycles. The van der Waals surface area contributed by atoms with Crippen LogP contribution in [-0.2, 0) is 0 Å². The van der Waals surface area contributed by atoms with Crippen molar-refractivity contribution in [2.45, 2.75) is 13.0 Å². The van der Waals surface area contributed by atoms with Gasteiger partial charge in [-0.15, -0.1) is 0 Å². The van der Waals surface area contributed by atoms with Gasteiger partial charge in [0, 0.05) is 6.54 Å². The smallest absolute Gasteiger partial charge is 0.161 e. The van der Waals surface area contributed by atoms with Crippen LogP contribution in [0.2, 0.25) is 0 Å². The maximum Gasteiger partial charge on any atom is 0.161 e. The number of benzene rings is 1. The SMILES string of the molecule is CC(CN)Oc1ccccc1O. The Hall–Kier alpha value is -1.22. The molecule has 0 amide bonds. The van der Waals surface area contributed by atoms with Crippen LogP contribution in [0.25, 0.3) is 0 Å². The van der Waals surface area contributed by atoms with E-state index in [1.807, 2.05) is 6.92 Å². The van der Waals surface area contributed by atoms with Crippen molar-refractivity contribution in [3.63, 3.8) is 0 Å². The van der Waals surface area contributed by atoms with E-state index in [0.717, 1.165) is 0 Å². The van der Waals surface area contributed by atoms with Crippen LogP contribution in [0.5, 0.6) is 11.5 Å². The van der Waals surface area contributed by atoms with E-state index in [1.165, 1.54) is 0 Å². The van der Waals surface area contributed by atoms with Crippen molar-refractivity contribution in [1.29, 1.82) is 0 Å². The molecular weight excluding hydrogens is 154 g/mol. The van der Waals surface area contributed by atoms with Crippen LogP contribution in [-0.4, -0.2) is 17.8 Å². The topological polar surface area (TPSA) is 55.5 Å². The van der Waals surface area contributed by atoms with Crippen molar-refractivity contribution < 1.29 is 9.84 Å². The first kappa shape index (κ1) is 8.87. The molecule has 0 aliphatic heterocycles. The Kier molecular flexibility index (Phi) is 2.94. The number of phenolic OH excluding ortho intramolecular Hbond substituents is 1. The molecule has 0 saturated heterocycles. The van der Waals surface area contributed by atoms with Crippen LogP contribution >= 0.6 is 0 Å². The molecule has 0 bridgehead atoms. The highest BCUT2D eigenvalue weighted by molar-refractivity contribution is 5.38. The number of nitrogens with two attached hydrogens (primary N) is 1. The van der Waals surface area contributed by atoms with Crippen molar-refractivity contribution in [2.24, 2.45) is 5.73 Å². The fraction of sp³-hybridized carbons (Fsp3) is 0.333. The van der Waals surface area contributed by atoms with E-state index in [4.69, 9.17) is 10.5 Å². The van der Waals surface area contributed by atoms with Gasteiger partial charge < -0.3 is 15.6 Å². The van der Waals surface area contributed by atoms with Gasteiger partial charge in [-0.3, -0.25) is 0 Å². The summed E-state index contributed by atoms with van der Waals surface area (Å²) in [7, 11) is 0. The second-order valence-corrected chi connectivity index (χ2v) is 2.63. The predicted molar refractivity (Wildman–Crippen MR) is 47.3 cm³/mol. The van der Waals surface area contributed by atoms with Crippen LogP contribution in [0.3, 0.4) is 0 Å². The minimum absolute atomic E-state index is 0.0710. The minimum Gasteiger partial charge on any atom is -0.504 e. The molecular formula is C9H13NO2. The van der Waals surface area contributed by atoms with Crippen LogP contribution in [0, 0.1) is 0 Å². The third-order valence-corrected chi connectivity index (χ3v) is 1.53. The molecule has 0 saturated carbocycles. The molecule has 3 heteroatoms. The highest BCUT2D eigenvalue weighted by atomic mass is 16.5. The van der Waals surface area contributed by atoms with E-state index in [0.29, 0.717) is 12.3 Å². The molecule has 0 spiro atoms. The van der Waals surface area contributed by atoms with Gasteiger partial charge in [0.2, 0.25) is 0 Å². The number of para-hydroxylation sites is 2. The fourth-order valence-electron chi connectivity index (χ4n) is 0.822. The summed E-state index contributed by atoms with van der Waals surface area (Å²) in [5.41, 5.74) is 5.36. The van der Waals surface area contributed by atoms with Gasteiger partial charge in [-0.05, 0) is 19.1 Å². The van der Waals surface area contributed by atoms with E-state index in [9.17, 15) is 5.11 Å². The molecule has 66 valence electrons. The van der Waals surface area contributed by atoms with Crippen molar-refractivity contribution in [3.8, 4) is 11.5 Å². The number of phenols is 1. The van der Waals surface area contributed by atoms with Gasteiger partial charge in [0.1, 0.15) is 6.10 Å². The Morgan fingerprint density at radius 2 is 2.17 bits per heavy atom. The Balaban J connectivity index is 2.69. The lowest BCUT2D eigenvalue weighted by atomic mass is 10.3. The second-order valence-electron chi connectivity index (χ2n) is 2.63. The summed E-state index contributed by atoms with van der Waals surface area (Å²) in [6.07, 6.45) is -0.0710. The molecule has 1 unspecified atom stereocenters. The molecule has 1 rings (SSSR count). The maximum absolute atomic E-state index is 9.29. The van der Waals surface area contributed by atoms with Crippen LogP contribution < -0.4 is 10.5 Å². The Labute approximate surface area is 71.8 Å². The third-order valence-electron chi connectivity index (χ3n) is 1.53. The maximum atomic E-state index is 9.29. The molecule has 0 fully saturated rings. The monoisotopic (exact) mass is 167 g/mol. The zero-order chi connectivity index (χ0) is 8.97. The summed E-state index contributed by atoms with van der Waals surface area (Å²) in [6, 6.07) is 6.84. The average Bonchev–Trinajstić information content (AvgIpc) is 2.09. The molecule has 1 atom stereocenters. The first-order valence-electron chi connectivity index (χ1n) is 3.88. The van der Waals surface area contributed by atoms with Crippen LogP contribution in [0.1, 0.15) is 6.92 Å². The second kappa shape index (κ2) is 3.97. The number of ether oxygens (including phenoxy) is 1. The third kappa shape index (κ3) is 2.13. The zero-order valence-electron chi connectivity index (χ0n) is 7.03. The Bertz CT molecular complexity index is 250. The largest absolute Gasteiger partial charge is 0.504 e. The number of hydrogen-bond acceptors (Lipinski definition) is 3. The highest BCUT2D eigenvalue weighted by Gasteiger charge is 2.04. The zero-order valence-corrected chi connectivity index (χ0v) is 7.03. The Morgan fingerprint density at radius 3 is 2.75 bits per heavy atom. The van der Waals surface area contributed by atoms with Gasteiger partial charge >= 0.3 is 0 Å². The summed E-state index contributed by atoms with van der Waals surface area (Å²) in [5.74, 6) is 0.633. The number of hydrogen-bond donors (Lipinski definition) is 2. The highest BCUT2D eigenvalue weighted by Crippen LogP contribution is 2.24. The van der Waals surface area contributed by atoms with E-state index in [2.05, 4.69) is 0 Å². The van der Waals surface area contributed by atoms with Gasteiger partial charge in [0.25, 0.3) is 0 Å². The van der Waals surface area contributed by atoms with Crippen molar-refractivity contribution in [3.05, 3.63) is 24.3 Å². The molecule has 0 aliphatic rings. The molecule has 0 aliphatic carbocycles. The average molecular weight is 167 g/mol. The van der Waals surface area contributed by atoms with E-state index in [-0.39, 0.29) is 11.9 Å². The van der Waals surface area contributed by atoms with Crippen molar-refractivity contribution >= 4 is 0 Å². The van der Waals surface area contributed by atoms with E-state index >= 15 is 0 Å². The van der Waals surface area contributed by atoms with Gasteiger partial charge in [0.05, 0.1) is 0 Å². The lowest BCUT2D eigenvalue weighted by Crippen LogP contribution is -2.22. The summed E-state index contributed by atoms with van der Waals surface area (Å²) >= 11 is 0. The standard InChI is InChI=1S/C9H13NO2/c1-7(6-10)12-9-5-3-2-4-8(9)11/h2-5,7,11H,6,10H2,1H3. The number of aromatic hydroxyl groups is 1. The fourth-order valence-corrected chi connectivity index (χ4v) is 0.822. The summed E-state index contributed by atoms with van der Waals surface area (Å²) < 4.78 is 5.32. The van der Waals surface area contributed by atoms with E-state index in [1.54, 1.807) is 24.3 Å². The van der Waals surface area contributed by atoms with Crippen molar-refractivity contribution in [2.75, 3.05) is 6.54 Å². The molecule has 3 nitrogen and oxygen atoms in total. The molecule has 0 aromatic heterocycles. The van der Waals surface area contributed by atoms with Gasteiger partial charge in [-0.2, -0.15) is 0 Å². The Morgan fingerprint density at radius 1 is 1.50 bits per heavy atom. The molecule has 3 N–H and O–H groups in total. The lowest BCUT2D eigenvalue weighted by molar-refractivity contribution is 0.220. The molecule has 1 aromatic rings. The first-order valence-corrected chi connectivity index (χ1v) is 3.88. The lowest BCUT2D eigenvalue weighted by Gasteiger charge is -2.12. The molecule has 0 heterocycles. The minimum atomic E-state index is -0.0710. The summed E-state index contributed by atoms with van der Waals surface area (Å²) in [6.45, 7) is 2.29. The summed E-state index contributed by atoms with van der Waals surface area (Å²) in [4.78, 5) is 0. The quantitative estimate of drug-likeness (QED) is 0.709. The molecule has 0 radical (unpaired) electrons. The first-order chi connectivity index (χ1) is 5.74. The van der Waals surface area contributed by atoms with Crippen molar-refractivity contribution in [1.82, 2.24) is 0 Å². The summed E-state index contributed by atoms with van der Waals surface area (Å²) in [5, 5.41) is 9.29. The predicted octanol–water partition coefficient (Wildman–Crippen LogP) is 1.12. The normalized spacial score (nSPS) is 12.5. The van der Waals surface area contributed by atoms with Crippen LogP contribution in [0.15, 0.2) is 24.3 Å². The van der Waals surface area contributed by atoms with Gasteiger partial charge in [0.15, 0.2) is 11.5 Å². The number of rotatable bonds is 3. The van der Waals surface area contributed by atoms with E-state index < -0.39 is 0 Å². The van der Waals surface area contributed by atoms with Gasteiger partial charge in [-0.25, -0.2) is 0 Å². The van der Waals surface area contributed by atoms with Gasteiger partial charge in [-0.1, -0.05) is 12.1 Å². The molecule has 12 heavy (non-hydrogen) atoms. The van der Waals surface area contributed by atoms with Crippen LogP contribution in [0.4, 0.5) is 0 Å².